The molecule has 4 rings (SSSR count). The molecule has 4 aliphatic rings. The van der Waals surface area contributed by atoms with E-state index >= 15 is 0 Å². The van der Waals surface area contributed by atoms with E-state index < -0.39 is 18.2 Å². The van der Waals surface area contributed by atoms with Crippen LogP contribution in [0, 0.1) is 17.8 Å². The molecule has 3 atom stereocenters. The van der Waals surface area contributed by atoms with Gasteiger partial charge in [0.15, 0.2) is 0 Å². The van der Waals surface area contributed by atoms with Crippen LogP contribution in [0.15, 0.2) is 22.3 Å². The molecule has 5 heteroatoms. The van der Waals surface area contributed by atoms with Gasteiger partial charge in [0.05, 0.1) is 11.8 Å². The lowest BCUT2D eigenvalue weighted by Gasteiger charge is -2.32. The Labute approximate surface area is 146 Å². The largest absolute Gasteiger partial charge is 0.462 e. The number of hydrogen-bond acceptors (Lipinski definition) is 2. The van der Waals surface area contributed by atoms with Gasteiger partial charge in [-0.25, -0.2) is 0 Å². The van der Waals surface area contributed by atoms with E-state index in [0.717, 1.165) is 32.1 Å². The Bertz CT molecular complexity index is 616. The standard InChI is InChI=1S/C20H25F3O2/c1-11(18-16-7-8-17(18)13-6-5-12(16)9-13)19(24)25-15-4-2-3-14(10-15)20(21,22)23/h11,14-15,18H,2-10H2,1H3/t11-,14-,15?/m1/s1. The van der Waals surface area contributed by atoms with E-state index in [1.54, 1.807) is 0 Å². The quantitative estimate of drug-likeness (QED) is 0.495. The van der Waals surface area contributed by atoms with Gasteiger partial charge >= 0.3 is 12.1 Å². The number of allylic oxidation sites excluding steroid dienone is 4. The second-order valence-corrected chi connectivity index (χ2v) is 8.16. The van der Waals surface area contributed by atoms with Crippen molar-refractivity contribution in [3.05, 3.63) is 22.3 Å². The van der Waals surface area contributed by atoms with Gasteiger partial charge in [-0.05, 0) is 57.8 Å². The molecule has 0 aromatic rings. The molecule has 4 aliphatic carbocycles. The number of rotatable bonds is 3. The second-order valence-electron chi connectivity index (χ2n) is 8.16. The molecule has 3 fully saturated rings. The summed E-state index contributed by atoms with van der Waals surface area (Å²) in [5.74, 6) is -1.75. The smallest absolute Gasteiger partial charge is 0.391 e. The number of carbonyl (C=O) groups excluding carboxylic acids is 1. The molecular weight excluding hydrogens is 329 g/mol. The zero-order valence-corrected chi connectivity index (χ0v) is 14.6. The van der Waals surface area contributed by atoms with Crippen molar-refractivity contribution in [2.75, 3.05) is 0 Å². The first-order chi connectivity index (χ1) is 11.8. The Kier molecular flexibility index (Phi) is 4.24. The van der Waals surface area contributed by atoms with Gasteiger partial charge in [-0.2, -0.15) is 13.2 Å². The highest BCUT2D eigenvalue weighted by atomic mass is 19.4. The van der Waals surface area contributed by atoms with Gasteiger partial charge in [0.25, 0.3) is 0 Å². The van der Waals surface area contributed by atoms with Crippen molar-refractivity contribution < 1.29 is 22.7 Å². The van der Waals surface area contributed by atoms with Gasteiger partial charge in [-0.1, -0.05) is 29.2 Å². The van der Waals surface area contributed by atoms with Gasteiger partial charge < -0.3 is 4.74 Å². The highest BCUT2D eigenvalue weighted by Gasteiger charge is 2.45. The summed E-state index contributed by atoms with van der Waals surface area (Å²) in [5, 5.41) is 0. The number of hydrogen-bond donors (Lipinski definition) is 0. The average Bonchev–Trinajstić information content (AvgIpc) is 3.11. The maximum Gasteiger partial charge on any atom is 0.391 e. The van der Waals surface area contributed by atoms with Crippen molar-refractivity contribution in [1.82, 2.24) is 0 Å². The van der Waals surface area contributed by atoms with E-state index in [4.69, 9.17) is 4.74 Å². The predicted octanol–water partition coefficient (Wildman–Crippen LogP) is 5.49. The first kappa shape index (κ1) is 17.2. The normalized spacial score (nSPS) is 30.9. The molecule has 0 spiro atoms. The molecule has 0 saturated heterocycles. The van der Waals surface area contributed by atoms with Crippen LogP contribution >= 0.6 is 0 Å². The van der Waals surface area contributed by atoms with Crippen LogP contribution in [0.5, 0.6) is 0 Å². The molecule has 0 aromatic heterocycles. The Morgan fingerprint density at radius 1 is 1.08 bits per heavy atom. The summed E-state index contributed by atoms with van der Waals surface area (Å²) in [6, 6.07) is 0. The lowest BCUT2D eigenvalue weighted by Crippen LogP contribution is -2.35. The van der Waals surface area contributed by atoms with Crippen molar-refractivity contribution >= 4 is 5.97 Å². The molecule has 25 heavy (non-hydrogen) atoms. The molecule has 0 aromatic carbocycles. The molecule has 0 aliphatic heterocycles. The summed E-state index contributed by atoms with van der Waals surface area (Å²) >= 11 is 0. The van der Waals surface area contributed by atoms with Gasteiger partial charge in [0.2, 0.25) is 0 Å². The van der Waals surface area contributed by atoms with Gasteiger partial charge in [0, 0.05) is 5.92 Å². The summed E-state index contributed by atoms with van der Waals surface area (Å²) in [4.78, 5) is 12.7. The minimum Gasteiger partial charge on any atom is -0.462 e. The third-order valence-electron chi connectivity index (χ3n) is 6.72. The molecule has 138 valence electrons. The fourth-order valence-corrected chi connectivity index (χ4v) is 5.43. The van der Waals surface area contributed by atoms with E-state index in [0.29, 0.717) is 12.8 Å². The van der Waals surface area contributed by atoms with Crippen LogP contribution in [0.1, 0.15) is 64.7 Å². The summed E-state index contributed by atoms with van der Waals surface area (Å²) in [6.45, 7) is 1.90. The van der Waals surface area contributed by atoms with Gasteiger partial charge in [-0.3, -0.25) is 4.79 Å². The average molecular weight is 354 g/mol. The summed E-state index contributed by atoms with van der Waals surface area (Å²) in [6.07, 6.45) is 1.80. The van der Waals surface area contributed by atoms with Crippen LogP contribution in [-0.4, -0.2) is 18.2 Å². The van der Waals surface area contributed by atoms with E-state index in [2.05, 4.69) is 0 Å². The highest BCUT2D eigenvalue weighted by Crippen LogP contribution is 2.54. The SMILES string of the molecule is C[C@@H](C(=O)OC1CCC[C@@H](C(F)(F)F)C1)C1C2=C3CCC(=C1CC2)C3. The Morgan fingerprint density at radius 3 is 2.32 bits per heavy atom. The molecule has 0 radical (unpaired) electrons. The predicted molar refractivity (Wildman–Crippen MR) is 87.7 cm³/mol. The Hall–Kier alpha value is -1.26. The second kappa shape index (κ2) is 6.17. The van der Waals surface area contributed by atoms with E-state index in [-0.39, 0.29) is 30.6 Å². The first-order valence-corrected chi connectivity index (χ1v) is 9.53. The Balaban J connectivity index is 1.43. The van der Waals surface area contributed by atoms with E-state index in [1.807, 2.05) is 6.92 Å². The number of ether oxygens (including phenoxy) is 1. The lowest BCUT2D eigenvalue weighted by atomic mass is 9.79. The fourth-order valence-electron chi connectivity index (χ4n) is 5.43. The van der Waals surface area contributed by atoms with Crippen molar-refractivity contribution in [2.24, 2.45) is 17.8 Å². The number of fused-ring (bicyclic) bond motifs is 4. The van der Waals surface area contributed by atoms with Crippen LogP contribution < -0.4 is 0 Å². The zero-order valence-electron chi connectivity index (χ0n) is 14.6. The first-order valence-electron chi connectivity index (χ1n) is 9.53. The Morgan fingerprint density at radius 2 is 1.72 bits per heavy atom. The van der Waals surface area contributed by atoms with Crippen LogP contribution in [0.2, 0.25) is 0 Å². The monoisotopic (exact) mass is 354 g/mol. The molecule has 2 nitrogen and oxygen atoms in total. The van der Waals surface area contributed by atoms with Gasteiger partial charge in [-0.15, -0.1) is 0 Å². The topological polar surface area (TPSA) is 26.3 Å². The van der Waals surface area contributed by atoms with Crippen LogP contribution in [0.4, 0.5) is 13.2 Å². The zero-order chi connectivity index (χ0) is 17.8. The molecule has 3 saturated carbocycles. The van der Waals surface area contributed by atoms with E-state index in [9.17, 15) is 18.0 Å². The highest BCUT2D eigenvalue weighted by molar-refractivity contribution is 5.74. The van der Waals surface area contributed by atoms with Crippen molar-refractivity contribution in [2.45, 2.75) is 77.0 Å². The molecule has 1 unspecified atom stereocenters. The van der Waals surface area contributed by atoms with Crippen LogP contribution in [0.3, 0.4) is 0 Å². The van der Waals surface area contributed by atoms with Crippen molar-refractivity contribution in [3.8, 4) is 0 Å². The maximum absolute atomic E-state index is 13.0. The fraction of sp³-hybridized carbons (Fsp3) is 0.750. The maximum atomic E-state index is 13.0. The number of alkyl halides is 3. The van der Waals surface area contributed by atoms with Gasteiger partial charge in [0.1, 0.15) is 6.10 Å². The molecule has 0 N–H and O–H groups in total. The summed E-state index contributed by atoms with van der Waals surface area (Å²) < 4.78 is 44.4. The number of esters is 1. The molecule has 0 amide bonds. The number of halogens is 3. The van der Waals surface area contributed by atoms with Crippen LogP contribution in [-0.2, 0) is 9.53 Å². The molecule has 0 heterocycles. The third-order valence-corrected chi connectivity index (χ3v) is 6.72. The minimum atomic E-state index is -4.18. The lowest BCUT2D eigenvalue weighted by molar-refractivity contribution is -0.195. The van der Waals surface area contributed by atoms with Crippen LogP contribution in [0.25, 0.3) is 0 Å². The minimum absolute atomic E-state index is 0.0749. The van der Waals surface area contributed by atoms with Crippen molar-refractivity contribution in [1.29, 1.82) is 0 Å². The van der Waals surface area contributed by atoms with Crippen molar-refractivity contribution in [3.63, 3.8) is 0 Å². The summed E-state index contributed by atoms with van der Waals surface area (Å²) in [7, 11) is 0. The summed E-state index contributed by atoms with van der Waals surface area (Å²) in [5.41, 5.74) is 5.88. The molecule has 4 bridgehead atoms. The third kappa shape index (κ3) is 3.04. The molecular formula is C20H25F3O2. The number of carbonyl (C=O) groups is 1. The van der Waals surface area contributed by atoms with E-state index in [1.165, 1.54) is 22.3 Å².